The van der Waals surface area contributed by atoms with E-state index in [9.17, 15) is 0 Å². The maximum absolute atomic E-state index is 2.20. The van der Waals surface area contributed by atoms with Gasteiger partial charge in [-0.3, -0.25) is 0 Å². The second-order valence-corrected chi connectivity index (χ2v) is 3.59. The summed E-state index contributed by atoms with van der Waals surface area (Å²) in [5.74, 6) is 0. The Kier molecular flexibility index (Phi) is 1.82. The van der Waals surface area contributed by atoms with Crippen molar-refractivity contribution in [1.82, 2.24) is 0 Å². The highest BCUT2D eigenvalue weighted by molar-refractivity contribution is 5.94. The lowest BCUT2D eigenvalue weighted by molar-refractivity contribution is 1.46. The summed E-state index contributed by atoms with van der Waals surface area (Å²) in [6, 6.07) is 20.8. The molecule has 0 aromatic heterocycles. The summed E-state index contributed by atoms with van der Waals surface area (Å²) in [6.07, 6.45) is 2.16. The van der Waals surface area contributed by atoms with Crippen molar-refractivity contribution in [1.29, 1.82) is 0 Å². The zero-order valence-corrected chi connectivity index (χ0v) is 8.30. The second-order valence-electron chi connectivity index (χ2n) is 3.59. The van der Waals surface area contributed by atoms with Gasteiger partial charge in [-0.2, -0.15) is 0 Å². The number of benzene rings is 2. The Labute approximate surface area is 89.3 Å². The summed E-state index contributed by atoms with van der Waals surface area (Å²) >= 11 is 0. The third-order valence-corrected chi connectivity index (χ3v) is 2.55. The van der Waals surface area contributed by atoms with Gasteiger partial charge in [0.25, 0.3) is 0 Å². The van der Waals surface area contributed by atoms with E-state index in [1.54, 1.807) is 0 Å². The lowest BCUT2D eigenvalue weighted by Crippen LogP contribution is -1.93. The molecule has 1 aliphatic heterocycles. The molecule has 1 nitrogen and oxygen atoms in total. The van der Waals surface area contributed by atoms with Gasteiger partial charge in [-0.15, -0.1) is 0 Å². The molecule has 0 fully saturated rings. The Balaban J connectivity index is 1.83. The number of hydrogen-bond acceptors (Lipinski definition) is 1. The van der Waals surface area contributed by atoms with Gasteiger partial charge in [-0.05, 0) is 17.7 Å². The minimum absolute atomic E-state index is 1.23. The molecule has 15 heavy (non-hydrogen) atoms. The predicted octanol–water partition coefficient (Wildman–Crippen LogP) is 3.51. The largest absolute Gasteiger partial charge is 0.313 e. The first-order valence-electron chi connectivity index (χ1n) is 5.07. The Hall–Kier alpha value is -2.02. The molecule has 2 aromatic rings. The third-order valence-electron chi connectivity index (χ3n) is 2.55. The van der Waals surface area contributed by atoms with E-state index in [0.29, 0.717) is 0 Å². The van der Waals surface area contributed by atoms with Gasteiger partial charge in [0, 0.05) is 11.9 Å². The minimum Gasteiger partial charge on any atom is -0.313 e. The van der Waals surface area contributed by atoms with Crippen LogP contribution in [0.5, 0.6) is 0 Å². The van der Waals surface area contributed by atoms with E-state index < -0.39 is 0 Å². The maximum Gasteiger partial charge on any atom is 0.0695 e. The van der Waals surface area contributed by atoms with E-state index in [-0.39, 0.29) is 0 Å². The first kappa shape index (κ1) is 8.30. The number of anilines is 1. The molecule has 0 atom stereocenters. The normalized spacial score (nSPS) is 13.6. The van der Waals surface area contributed by atoms with Gasteiger partial charge in [-0.1, -0.05) is 48.5 Å². The highest BCUT2D eigenvalue weighted by atomic mass is 15.2. The molecule has 0 unspecified atom stereocenters. The topological polar surface area (TPSA) is 3.01 Å². The molecule has 3 rings (SSSR count). The Bertz CT molecular complexity index is 485. The summed E-state index contributed by atoms with van der Waals surface area (Å²) in [7, 11) is 0. The molecule has 0 spiro atoms. The summed E-state index contributed by atoms with van der Waals surface area (Å²) in [6.45, 7) is 0. The van der Waals surface area contributed by atoms with Crippen LogP contribution in [-0.4, -0.2) is 0 Å². The molecule has 0 saturated carbocycles. The fraction of sp³-hybridized carbons (Fsp3) is 0. The SMILES string of the molecule is C1=C(c2ccccc2)N1c1ccccc1. The monoisotopic (exact) mass is 193 g/mol. The molecule has 1 heteroatoms. The van der Waals surface area contributed by atoms with Crippen molar-refractivity contribution in [3.05, 3.63) is 72.4 Å². The van der Waals surface area contributed by atoms with Crippen molar-refractivity contribution in [2.45, 2.75) is 0 Å². The van der Waals surface area contributed by atoms with Crippen molar-refractivity contribution >= 4 is 11.4 Å². The van der Waals surface area contributed by atoms with Crippen LogP contribution in [0.25, 0.3) is 5.70 Å². The van der Waals surface area contributed by atoms with Crippen molar-refractivity contribution in [2.75, 3.05) is 4.90 Å². The summed E-state index contributed by atoms with van der Waals surface area (Å²) < 4.78 is 0. The maximum atomic E-state index is 2.20. The van der Waals surface area contributed by atoms with Crippen LogP contribution in [0.2, 0.25) is 0 Å². The van der Waals surface area contributed by atoms with Gasteiger partial charge in [0.1, 0.15) is 0 Å². The molecule has 0 N–H and O–H groups in total. The third kappa shape index (κ3) is 1.52. The predicted molar refractivity (Wildman–Crippen MR) is 63.3 cm³/mol. The lowest BCUT2D eigenvalue weighted by Gasteiger charge is -2.05. The molecular formula is C14H11N. The van der Waals surface area contributed by atoms with Crippen LogP contribution in [0.1, 0.15) is 5.56 Å². The molecule has 2 aromatic carbocycles. The van der Waals surface area contributed by atoms with Crippen LogP contribution in [0.4, 0.5) is 5.69 Å². The molecule has 1 aliphatic rings. The van der Waals surface area contributed by atoms with Crippen molar-refractivity contribution in [3.8, 4) is 0 Å². The molecule has 1 heterocycles. The van der Waals surface area contributed by atoms with E-state index in [4.69, 9.17) is 0 Å². The van der Waals surface area contributed by atoms with E-state index in [2.05, 4.69) is 59.6 Å². The minimum atomic E-state index is 1.23. The smallest absolute Gasteiger partial charge is 0.0695 e. The summed E-state index contributed by atoms with van der Waals surface area (Å²) in [5, 5.41) is 0. The number of rotatable bonds is 2. The number of hydrogen-bond donors (Lipinski definition) is 0. The van der Waals surface area contributed by atoms with Crippen molar-refractivity contribution in [2.24, 2.45) is 0 Å². The standard InChI is InChI=1S/C14H11N/c1-3-7-12(8-4-1)14-11-15(14)13-9-5-2-6-10-13/h1-11H. The van der Waals surface area contributed by atoms with Crippen LogP contribution >= 0.6 is 0 Å². The van der Waals surface area contributed by atoms with Gasteiger partial charge in [-0.25, -0.2) is 0 Å². The van der Waals surface area contributed by atoms with E-state index in [1.807, 2.05) is 12.1 Å². The first-order chi connectivity index (χ1) is 7.45. The number of nitrogens with zero attached hydrogens (tertiary/aromatic N) is 1. The quantitative estimate of drug-likeness (QED) is 0.705. The van der Waals surface area contributed by atoms with Gasteiger partial charge < -0.3 is 4.90 Å². The fourth-order valence-electron chi connectivity index (χ4n) is 1.72. The molecule has 0 saturated heterocycles. The Morgan fingerprint density at radius 1 is 0.667 bits per heavy atom. The van der Waals surface area contributed by atoms with Gasteiger partial charge in [0.2, 0.25) is 0 Å². The Morgan fingerprint density at radius 2 is 1.27 bits per heavy atom. The zero-order valence-electron chi connectivity index (χ0n) is 8.30. The first-order valence-corrected chi connectivity index (χ1v) is 5.07. The Morgan fingerprint density at radius 3 is 1.93 bits per heavy atom. The van der Waals surface area contributed by atoms with Crippen LogP contribution in [0, 0.1) is 0 Å². The van der Waals surface area contributed by atoms with Crippen LogP contribution < -0.4 is 4.90 Å². The van der Waals surface area contributed by atoms with Gasteiger partial charge in [0.15, 0.2) is 0 Å². The van der Waals surface area contributed by atoms with E-state index >= 15 is 0 Å². The van der Waals surface area contributed by atoms with Crippen LogP contribution in [0.15, 0.2) is 66.9 Å². The second kappa shape index (κ2) is 3.28. The summed E-state index contributed by atoms with van der Waals surface area (Å²) in [4.78, 5) is 2.20. The highest BCUT2D eigenvalue weighted by Gasteiger charge is 2.23. The van der Waals surface area contributed by atoms with E-state index in [1.165, 1.54) is 16.9 Å². The molecule has 0 radical (unpaired) electrons. The van der Waals surface area contributed by atoms with Crippen molar-refractivity contribution < 1.29 is 0 Å². The van der Waals surface area contributed by atoms with Gasteiger partial charge >= 0.3 is 0 Å². The van der Waals surface area contributed by atoms with Gasteiger partial charge in [0.05, 0.1) is 5.70 Å². The van der Waals surface area contributed by atoms with Crippen molar-refractivity contribution in [3.63, 3.8) is 0 Å². The molecule has 0 aliphatic carbocycles. The molecule has 72 valence electrons. The molecule has 0 amide bonds. The fourth-order valence-corrected chi connectivity index (χ4v) is 1.72. The average molecular weight is 193 g/mol. The summed E-state index contributed by atoms with van der Waals surface area (Å²) in [5.41, 5.74) is 3.81. The molecular weight excluding hydrogens is 182 g/mol. The zero-order chi connectivity index (χ0) is 10.1. The van der Waals surface area contributed by atoms with Crippen LogP contribution in [-0.2, 0) is 0 Å². The average Bonchev–Trinajstić information content (AvgIpc) is 3.11. The lowest BCUT2D eigenvalue weighted by atomic mass is 10.2. The van der Waals surface area contributed by atoms with E-state index in [0.717, 1.165) is 0 Å². The molecule has 0 bridgehead atoms. The van der Waals surface area contributed by atoms with Crippen LogP contribution in [0.3, 0.4) is 0 Å². The highest BCUT2D eigenvalue weighted by Crippen LogP contribution is 2.36. The number of para-hydroxylation sites is 1.